The van der Waals surface area contributed by atoms with E-state index in [-0.39, 0.29) is 18.3 Å². The molecule has 0 aliphatic carbocycles. The largest absolute Gasteiger partial charge is 0.390 e. The zero-order valence-electron chi connectivity index (χ0n) is 15.9. The third kappa shape index (κ3) is 4.02. The van der Waals surface area contributed by atoms with Crippen LogP contribution in [-0.2, 0) is 16.8 Å². The number of nitrogens with one attached hydrogen (secondary N) is 1. The lowest BCUT2D eigenvalue weighted by Gasteiger charge is -2.43. The molecule has 0 bridgehead atoms. The molecule has 7 heteroatoms. The molecule has 2 atom stereocenters. The number of nitrogens with zero attached hydrogens (tertiary/aromatic N) is 1. The van der Waals surface area contributed by atoms with E-state index in [0.29, 0.717) is 29.4 Å². The van der Waals surface area contributed by atoms with Crippen LogP contribution >= 0.6 is 23.2 Å². The highest BCUT2D eigenvalue weighted by atomic mass is 35.5. The topological polar surface area (TPSA) is 52.6 Å². The van der Waals surface area contributed by atoms with Crippen molar-refractivity contribution in [1.82, 2.24) is 10.2 Å². The molecule has 0 spiro atoms. The average Bonchev–Trinajstić information content (AvgIpc) is 2.95. The molecule has 2 aromatic carbocycles. The minimum Gasteiger partial charge on any atom is -0.390 e. The predicted molar refractivity (Wildman–Crippen MR) is 112 cm³/mol. The second-order valence-electron chi connectivity index (χ2n) is 7.95. The van der Waals surface area contributed by atoms with Crippen LogP contribution in [0.4, 0.5) is 4.39 Å². The van der Waals surface area contributed by atoms with Crippen LogP contribution in [0, 0.1) is 11.7 Å². The summed E-state index contributed by atoms with van der Waals surface area (Å²) in [7, 11) is 0. The number of rotatable bonds is 4. The molecule has 2 N–H and O–H groups in total. The van der Waals surface area contributed by atoms with Crippen LogP contribution in [-0.4, -0.2) is 41.7 Å². The fourth-order valence-electron chi connectivity index (χ4n) is 4.89. The first-order valence-corrected chi connectivity index (χ1v) is 10.5. The summed E-state index contributed by atoms with van der Waals surface area (Å²) in [6.45, 7) is 2.09. The maximum absolute atomic E-state index is 13.5. The van der Waals surface area contributed by atoms with E-state index in [1.165, 1.54) is 12.1 Å². The van der Waals surface area contributed by atoms with Gasteiger partial charge in [-0.2, -0.15) is 0 Å². The number of amides is 1. The van der Waals surface area contributed by atoms with Gasteiger partial charge in [-0.1, -0.05) is 35.3 Å². The smallest absolute Gasteiger partial charge is 0.229 e. The number of halogens is 3. The minimum absolute atomic E-state index is 0.0835. The van der Waals surface area contributed by atoms with E-state index >= 15 is 0 Å². The summed E-state index contributed by atoms with van der Waals surface area (Å²) in [4.78, 5) is 15.1. The third-order valence-corrected chi connectivity index (χ3v) is 6.61. The van der Waals surface area contributed by atoms with Gasteiger partial charge >= 0.3 is 0 Å². The maximum Gasteiger partial charge on any atom is 0.229 e. The number of aliphatic hydroxyl groups excluding tert-OH is 1. The highest BCUT2D eigenvalue weighted by Crippen LogP contribution is 2.45. The number of carbonyl (C=O) groups excluding carboxylic acids is 1. The molecule has 2 fully saturated rings. The van der Waals surface area contributed by atoms with E-state index in [1.54, 1.807) is 35.2 Å². The molecule has 4 rings (SSSR count). The quantitative estimate of drug-likeness (QED) is 0.766. The second kappa shape index (κ2) is 8.23. The molecule has 2 aliphatic rings. The van der Waals surface area contributed by atoms with Crippen LogP contribution in [0.25, 0.3) is 0 Å². The second-order valence-corrected chi connectivity index (χ2v) is 8.83. The Morgan fingerprint density at radius 2 is 1.72 bits per heavy atom. The lowest BCUT2D eigenvalue weighted by molar-refractivity contribution is -0.134. The molecule has 154 valence electrons. The average molecular weight is 437 g/mol. The molecule has 2 aliphatic heterocycles. The van der Waals surface area contributed by atoms with Crippen molar-refractivity contribution in [1.29, 1.82) is 0 Å². The molecule has 0 radical (unpaired) electrons. The maximum atomic E-state index is 13.5. The van der Waals surface area contributed by atoms with Crippen LogP contribution in [0.1, 0.15) is 24.0 Å². The number of β-amino-alcohol motifs (C(OH)–C–C–N with tert-alkyl or cyclic N) is 1. The van der Waals surface area contributed by atoms with E-state index in [1.807, 2.05) is 0 Å². The first-order chi connectivity index (χ1) is 13.9. The van der Waals surface area contributed by atoms with E-state index < -0.39 is 17.4 Å². The summed E-state index contributed by atoms with van der Waals surface area (Å²) < 4.78 is 13.5. The van der Waals surface area contributed by atoms with Crippen LogP contribution in [0.5, 0.6) is 0 Å². The predicted octanol–water partition coefficient (Wildman–Crippen LogP) is 3.77. The Morgan fingerprint density at radius 1 is 1.10 bits per heavy atom. The van der Waals surface area contributed by atoms with Gasteiger partial charge in [0.1, 0.15) is 5.82 Å². The normalized spacial score (nSPS) is 24.1. The summed E-state index contributed by atoms with van der Waals surface area (Å²) in [6.07, 6.45) is 0.631. The van der Waals surface area contributed by atoms with Gasteiger partial charge in [-0.3, -0.25) is 4.79 Å². The van der Waals surface area contributed by atoms with Crippen molar-refractivity contribution in [3.63, 3.8) is 0 Å². The van der Waals surface area contributed by atoms with E-state index in [4.69, 9.17) is 23.2 Å². The molecule has 2 heterocycles. The zero-order chi connectivity index (χ0) is 20.6. The van der Waals surface area contributed by atoms with Gasteiger partial charge in [-0.15, -0.1) is 0 Å². The summed E-state index contributed by atoms with van der Waals surface area (Å²) >= 11 is 12.2. The lowest BCUT2D eigenvalue weighted by Crippen LogP contribution is -2.50. The summed E-state index contributed by atoms with van der Waals surface area (Å²) in [5.41, 5.74) is 1.21. The molecule has 2 aromatic rings. The van der Waals surface area contributed by atoms with Crippen LogP contribution in [0.3, 0.4) is 0 Å². The Hall–Kier alpha value is -1.66. The Morgan fingerprint density at radius 3 is 2.34 bits per heavy atom. The van der Waals surface area contributed by atoms with Crippen molar-refractivity contribution < 1.29 is 14.3 Å². The number of benzene rings is 2. The Labute approximate surface area is 179 Å². The van der Waals surface area contributed by atoms with Crippen LogP contribution in [0.15, 0.2) is 42.5 Å². The Balaban J connectivity index is 1.65. The first kappa shape index (κ1) is 20.6. The summed E-state index contributed by atoms with van der Waals surface area (Å²) in [5.74, 6) is -0.958. The molecule has 2 unspecified atom stereocenters. The van der Waals surface area contributed by atoms with Gasteiger partial charge in [0, 0.05) is 28.5 Å². The van der Waals surface area contributed by atoms with Gasteiger partial charge in [-0.25, -0.2) is 4.39 Å². The summed E-state index contributed by atoms with van der Waals surface area (Å²) in [6, 6.07) is 11.6. The number of hydrogen-bond acceptors (Lipinski definition) is 3. The third-order valence-electron chi connectivity index (χ3n) is 6.18. The molecular weight excluding hydrogens is 414 g/mol. The summed E-state index contributed by atoms with van der Waals surface area (Å²) in [5, 5.41) is 15.3. The molecule has 29 heavy (non-hydrogen) atoms. The van der Waals surface area contributed by atoms with Crippen LogP contribution in [0.2, 0.25) is 10.0 Å². The van der Waals surface area contributed by atoms with Gasteiger partial charge in [0.2, 0.25) is 5.91 Å². The number of piperidine rings is 1. The fourth-order valence-corrected chi connectivity index (χ4v) is 5.46. The van der Waals surface area contributed by atoms with Crippen molar-refractivity contribution in [2.45, 2.75) is 30.9 Å². The monoisotopic (exact) mass is 436 g/mol. The lowest BCUT2D eigenvalue weighted by atomic mass is 9.63. The van der Waals surface area contributed by atoms with E-state index in [9.17, 15) is 14.3 Å². The zero-order valence-corrected chi connectivity index (χ0v) is 17.4. The molecule has 4 nitrogen and oxygen atoms in total. The van der Waals surface area contributed by atoms with Crippen molar-refractivity contribution in [3.05, 3.63) is 69.5 Å². The highest BCUT2D eigenvalue weighted by Gasteiger charge is 2.53. The van der Waals surface area contributed by atoms with E-state index in [2.05, 4.69) is 5.32 Å². The molecule has 1 amide bonds. The van der Waals surface area contributed by atoms with Crippen molar-refractivity contribution in [3.8, 4) is 0 Å². The molecule has 2 saturated heterocycles. The molecule has 0 saturated carbocycles. The standard InChI is InChI=1S/C22H23Cl2FN2O2/c23-16-9-14(10-17(24)11-16)12-27-13-19(28)20(21(27)29)22(5-7-26-8-6-22)15-1-3-18(25)4-2-15/h1-4,9-11,19-20,26,28H,5-8,12-13H2. The highest BCUT2D eigenvalue weighted by molar-refractivity contribution is 6.34. The van der Waals surface area contributed by atoms with Gasteiger partial charge in [-0.05, 0) is 67.4 Å². The van der Waals surface area contributed by atoms with Crippen molar-refractivity contribution in [2.75, 3.05) is 19.6 Å². The number of aliphatic hydroxyl groups is 1. The molecular formula is C22H23Cl2FN2O2. The van der Waals surface area contributed by atoms with Crippen LogP contribution < -0.4 is 5.32 Å². The number of hydrogen-bond donors (Lipinski definition) is 2. The SMILES string of the molecule is O=C1C(C2(c3ccc(F)cc3)CCNCC2)C(O)CN1Cc1cc(Cl)cc(Cl)c1. The van der Waals surface area contributed by atoms with Crippen molar-refractivity contribution in [2.24, 2.45) is 5.92 Å². The number of carbonyl (C=O) groups is 1. The van der Waals surface area contributed by atoms with Gasteiger partial charge in [0.15, 0.2) is 0 Å². The Kier molecular flexibility index (Phi) is 5.85. The molecule has 0 aromatic heterocycles. The first-order valence-electron chi connectivity index (χ1n) is 9.78. The van der Waals surface area contributed by atoms with Gasteiger partial charge < -0.3 is 15.3 Å². The number of likely N-dealkylation sites (tertiary alicyclic amines) is 1. The fraction of sp³-hybridized carbons (Fsp3) is 0.409. The minimum atomic E-state index is -0.791. The van der Waals surface area contributed by atoms with Gasteiger partial charge in [0.25, 0.3) is 0 Å². The van der Waals surface area contributed by atoms with Gasteiger partial charge in [0.05, 0.1) is 12.0 Å². The van der Waals surface area contributed by atoms with E-state index in [0.717, 1.165) is 24.2 Å². The van der Waals surface area contributed by atoms with Crippen molar-refractivity contribution >= 4 is 29.1 Å². The Bertz CT molecular complexity index is 880.